The van der Waals surface area contributed by atoms with Crippen LogP contribution in [-0.2, 0) is 9.53 Å². The van der Waals surface area contributed by atoms with Crippen LogP contribution in [0.1, 0.15) is 32.1 Å². The number of carbonyl (C=O) groups excluding carboxylic acids is 1. The van der Waals surface area contributed by atoms with E-state index in [-0.39, 0.29) is 12.0 Å². The van der Waals surface area contributed by atoms with Crippen LogP contribution in [0.2, 0.25) is 0 Å². The number of alkyl halides is 1. The van der Waals surface area contributed by atoms with Gasteiger partial charge in [0.1, 0.15) is 6.10 Å². The van der Waals surface area contributed by atoms with E-state index in [0.717, 1.165) is 57.7 Å². The maximum absolute atomic E-state index is 12.1. The molecule has 2 heterocycles. The second kappa shape index (κ2) is 5.87. The Morgan fingerprint density at radius 1 is 1.25 bits per heavy atom. The summed E-state index contributed by atoms with van der Waals surface area (Å²) in [4.78, 5) is 14.1. The molecule has 0 aromatic heterocycles. The zero-order valence-corrected chi connectivity index (χ0v) is 10.4. The average molecular weight is 246 g/mol. The molecule has 0 aromatic carbocycles. The Bertz CT molecular complexity index is 233. The molecule has 0 aliphatic carbocycles. The van der Waals surface area contributed by atoms with E-state index in [4.69, 9.17) is 16.3 Å². The van der Waals surface area contributed by atoms with Crippen LogP contribution in [0.25, 0.3) is 0 Å². The molecule has 2 aliphatic heterocycles. The van der Waals surface area contributed by atoms with E-state index in [9.17, 15) is 4.79 Å². The van der Waals surface area contributed by atoms with Crippen LogP contribution in [0.3, 0.4) is 0 Å². The molecule has 0 radical (unpaired) electrons. The predicted molar refractivity (Wildman–Crippen MR) is 63.6 cm³/mol. The lowest BCUT2D eigenvalue weighted by molar-refractivity contribution is -0.147. The molecule has 0 saturated carbocycles. The molecule has 1 amide bonds. The van der Waals surface area contributed by atoms with Crippen molar-refractivity contribution in [2.24, 2.45) is 5.92 Å². The van der Waals surface area contributed by atoms with Crippen molar-refractivity contribution in [1.82, 2.24) is 4.90 Å². The summed E-state index contributed by atoms with van der Waals surface area (Å²) in [5, 5.41) is 0. The maximum atomic E-state index is 12.1. The Hall–Kier alpha value is -0.280. The molecule has 92 valence electrons. The summed E-state index contributed by atoms with van der Waals surface area (Å²) < 4.78 is 5.53. The number of ether oxygens (including phenoxy) is 1. The standard InChI is InChI=1S/C12H20ClNO2/c13-9-10-4-6-14(7-5-10)12(15)11-3-1-2-8-16-11/h10-11H,1-9H2. The minimum Gasteiger partial charge on any atom is -0.368 e. The third-order valence-electron chi connectivity index (χ3n) is 3.60. The van der Waals surface area contributed by atoms with Gasteiger partial charge >= 0.3 is 0 Å². The van der Waals surface area contributed by atoms with E-state index in [2.05, 4.69) is 0 Å². The van der Waals surface area contributed by atoms with Gasteiger partial charge in [-0.2, -0.15) is 0 Å². The van der Waals surface area contributed by atoms with Crippen LogP contribution < -0.4 is 0 Å². The number of carbonyl (C=O) groups is 1. The summed E-state index contributed by atoms with van der Waals surface area (Å²) in [6.45, 7) is 2.46. The first-order chi connectivity index (χ1) is 7.81. The van der Waals surface area contributed by atoms with Crippen LogP contribution in [0.15, 0.2) is 0 Å². The van der Waals surface area contributed by atoms with Crippen molar-refractivity contribution in [1.29, 1.82) is 0 Å². The minimum atomic E-state index is -0.165. The van der Waals surface area contributed by atoms with Crippen LogP contribution in [-0.4, -0.2) is 42.5 Å². The molecule has 1 unspecified atom stereocenters. The molecule has 2 aliphatic rings. The number of piperidine rings is 1. The van der Waals surface area contributed by atoms with Gasteiger partial charge in [0, 0.05) is 25.6 Å². The summed E-state index contributed by atoms with van der Waals surface area (Å²) in [6, 6.07) is 0. The molecule has 1 atom stereocenters. The highest BCUT2D eigenvalue weighted by molar-refractivity contribution is 6.18. The Morgan fingerprint density at radius 3 is 2.56 bits per heavy atom. The van der Waals surface area contributed by atoms with Gasteiger partial charge in [-0.05, 0) is 38.0 Å². The van der Waals surface area contributed by atoms with Gasteiger partial charge in [0.15, 0.2) is 0 Å². The molecule has 16 heavy (non-hydrogen) atoms. The van der Waals surface area contributed by atoms with Crippen molar-refractivity contribution >= 4 is 17.5 Å². The van der Waals surface area contributed by atoms with Gasteiger partial charge in [-0.3, -0.25) is 4.79 Å². The molecule has 3 nitrogen and oxygen atoms in total. The van der Waals surface area contributed by atoms with E-state index in [1.807, 2.05) is 4.90 Å². The van der Waals surface area contributed by atoms with Crippen molar-refractivity contribution < 1.29 is 9.53 Å². The quantitative estimate of drug-likeness (QED) is 0.697. The van der Waals surface area contributed by atoms with Crippen molar-refractivity contribution in [3.05, 3.63) is 0 Å². The molecule has 4 heteroatoms. The van der Waals surface area contributed by atoms with E-state index in [1.54, 1.807) is 0 Å². The second-order valence-electron chi connectivity index (χ2n) is 4.78. The lowest BCUT2D eigenvalue weighted by Gasteiger charge is -2.34. The molecular weight excluding hydrogens is 226 g/mol. The van der Waals surface area contributed by atoms with E-state index >= 15 is 0 Å². The Kier molecular flexibility index (Phi) is 4.47. The molecule has 0 bridgehead atoms. The highest BCUT2D eigenvalue weighted by Crippen LogP contribution is 2.21. The number of likely N-dealkylation sites (tertiary alicyclic amines) is 1. The molecule has 2 fully saturated rings. The third-order valence-corrected chi connectivity index (χ3v) is 4.04. The summed E-state index contributed by atoms with van der Waals surface area (Å²) in [5.74, 6) is 1.52. The molecule has 2 saturated heterocycles. The number of hydrogen-bond donors (Lipinski definition) is 0. The van der Waals surface area contributed by atoms with Crippen molar-refractivity contribution in [3.63, 3.8) is 0 Å². The predicted octanol–water partition coefficient (Wildman–Crippen LogP) is 2.03. The largest absolute Gasteiger partial charge is 0.368 e. The van der Waals surface area contributed by atoms with Gasteiger partial charge in [-0.1, -0.05) is 0 Å². The molecule has 0 N–H and O–H groups in total. The van der Waals surface area contributed by atoms with Crippen molar-refractivity contribution in [3.8, 4) is 0 Å². The topological polar surface area (TPSA) is 29.5 Å². The van der Waals surface area contributed by atoms with Crippen molar-refractivity contribution in [2.45, 2.75) is 38.2 Å². The van der Waals surface area contributed by atoms with Crippen LogP contribution in [0.4, 0.5) is 0 Å². The normalized spacial score (nSPS) is 28.1. The van der Waals surface area contributed by atoms with Gasteiger partial charge < -0.3 is 9.64 Å². The van der Waals surface area contributed by atoms with Crippen LogP contribution in [0, 0.1) is 5.92 Å². The van der Waals surface area contributed by atoms with Gasteiger partial charge in [0.2, 0.25) is 0 Å². The zero-order chi connectivity index (χ0) is 11.4. The van der Waals surface area contributed by atoms with E-state index in [1.165, 1.54) is 0 Å². The number of rotatable bonds is 2. The number of amides is 1. The smallest absolute Gasteiger partial charge is 0.251 e. The maximum Gasteiger partial charge on any atom is 0.251 e. The van der Waals surface area contributed by atoms with Crippen LogP contribution >= 0.6 is 11.6 Å². The first-order valence-corrected chi connectivity index (χ1v) is 6.81. The Labute approximate surface area is 102 Å². The fourth-order valence-electron chi connectivity index (χ4n) is 2.45. The van der Waals surface area contributed by atoms with Gasteiger partial charge in [-0.15, -0.1) is 11.6 Å². The van der Waals surface area contributed by atoms with E-state index < -0.39 is 0 Å². The monoisotopic (exact) mass is 245 g/mol. The first kappa shape index (κ1) is 12.2. The Morgan fingerprint density at radius 2 is 2.00 bits per heavy atom. The summed E-state index contributed by atoms with van der Waals surface area (Å²) in [5.41, 5.74) is 0. The van der Waals surface area contributed by atoms with Gasteiger partial charge in [0.25, 0.3) is 5.91 Å². The Balaban J connectivity index is 1.81. The lowest BCUT2D eigenvalue weighted by atomic mass is 9.98. The van der Waals surface area contributed by atoms with Crippen LogP contribution in [0.5, 0.6) is 0 Å². The summed E-state index contributed by atoms with van der Waals surface area (Å²) in [7, 11) is 0. The van der Waals surface area contributed by atoms with Gasteiger partial charge in [0.05, 0.1) is 0 Å². The fourth-order valence-corrected chi connectivity index (χ4v) is 2.76. The minimum absolute atomic E-state index is 0.165. The SMILES string of the molecule is O=C(C1CCCCO1)N1CCC(CCl)CC1. The highest BCUT2D eigenvalue weighted by Gasteiger charge is 2.29. The average Bonchev–Trinajstić information content (AvgIpc) is 2.39. The van der Waals surface area contributed by atoms with Gasteiger partial charge in [-0.25, -0.2) is 0 Å². The lowest BCUT2D eigenvalue weighted by Crippen LogP contribution is -2.45. The second-order valence-corrected chi connectivity index (χ2v) is 5.09. The third kappa shape index (κ3) is 2.89. The van der Waals surface area contributed by atoms with E-state index in [0.29, 0.717) is 5.92 Å². The van der Waals surface area contributed by atoms with Crippen molar-refractivity contribution in [2.75, 3.05) is 25.6 Å². The number of nitrogens with zero attached hydrogens (tertiary/aromatic N) is 1. The molecule has 0 spiro atoms. The number of hydrogen-bond acceptors (Lipinski definition) is 2. The summed E-state index contributed by atoms with van der Waals surface area (Å²) >= 11 is 5.83. The molecule has 2 rings (SSSR count). The fraction of sp³-hybridized carbons (Fsp3) is 0.917. The first-order valence-electron chi connectivity index (χ1n) is 6.27. The molecule has 0 aromatic rings. The zero-order valence-electron chi connectivity index (χ0n) is 9.66. The number of halogens is 1. The molecular formula is C12H20ClNO2. The summed E-state index contributed by atoms with van der Waals surface area (Å²) in [6.07, 6.45) is 5.03. The highest BCUT2D eigenvalue weighted by atomic mass is 35.5.